The molecule has 0 aliphatic heterocycles. The molecule has 0 aliphatic carbocycles. The fraction of sp³-hybridized carbons (Fsp3) is 0.250. The van der Waals surface area contributed by atoms with Crippen molar-refractivity contribution >= 4 is 0 Å². The Labute approximate surface area is 148 Å². The SMILES string of the molecule is CNC(C)c1cc(OC)c(OC)c(-c2cnn(-c3ccccc3)c2)c1. The van der Waals surface area contributed by atoms with Crippen LogP contribution in [0.5, 0.6) is 11.5 Å². The minimum absolute atomic E-state index is 0.197. The Hall–Kier alpha value is -2.79. The number of ether oxygens (including phenoxy) is 2. The molecule has 0 radical (unpaired) electrons. The minimum atomic E-state index is 0.197. The van der Waals surface area contributed by atoms with Gasteiger partial charge in [-0.25, -0.2) is 4.68 Å². The van der Waals surface area contributed by atoms with E-state index in [4.69, 9.17) is 9.47 Å². The summed E-state index contributed by atoms with van der Waals surface area (Å²) in [4.78, 5) is 0. The van der Waals surface area contributed by atoms with Crippen molar-refractivity contribution in [3.05, 3.63) is 60.4 Å². The van der Waals surface area contributed by atoms with E-state index in [1.165, 1.54) is 0 Å². The molecule has 5 nitrogen and oxygen atoms in total. The van der Waals surface area contributed by atoms with Gasteiger partial charge in [0.05, 0.1) is 26.1 Å². The fourth-order valence-electron chi connectivity index (χ4n) is 2.80. The molecule has 1 heterocycles. The van der Waals surface area contributed by atoms with Crippen LogP contribution in [0.15, 0.2) is 54.9 Å². The Kier molecular flexibility index (Phi) is 5.05. The van der Waals surface area contributed by atoms with Crippen molar-refractivity contribution in [1.29, 1.82) is 0 Å². The highest BCUT2D eigenvalue weighted by Gasteiger charge is 2.17. The molecule has 3 aromatic rings. The number of nitrogens with one attached hydrogen (secondary N) is 1. The molecule has 0 bridgehead atoms. The first-order valence-electron chi connectivity index (χ1n) is 8.21. The van der Waals surface area contributed by atoms with E-state index in [9.17, 15) is 0 Å². The topological polar surface area (TPSA) is 48.3 Å². The molecule has 1 unspecified atom stereocenters. The third-order valence-corrected chi connectivity index (χ3v) is 4.35. The maximum Gasteiger partial charge on any atom is 0.168 e. The zero-order valence-corrected chi connectivity index (χ0v) is 15.0. The molecule has 3 rings (SSSR count). The first kappa shape index (κ1) is 17.0. The highest BCUT2D eigenvalue weighted by Crippen LogP contribution is 2.40. The van der Waals surface area contributed by atoms with Crippen molar-refractivity contribution < 1.29 is 9.47 Å². The Bertz CT molecular complexity index is 843. The van der Waals surface area contributed by atoms with Crippen molar-refractivity contribution in [2.24, 2.45) is 0 Å². The van der Waals surface area contributed by atoms with Crippen LogP contribution in [0.1, 0.15) is 18.5 Å². The average molecular weight is 337 g/mol. The third kappa shape index (κ3) is 3.37. The number of nitrogens with zero attached hydrogens (tertiary/aromatic N) is 2. The molecule has 0 saturated heterocycles. The van der Waals surface area contributed by atoms with E-state index in [0.717, 1.165) is 22.4 Å². The molecular formula is C20H23N3O2. The zero-order chi connectivity index (χ0) is 17.8. The normalized spacial score (nSPS) is 12.0. The quantitative estimate of drug-likeness (QED) is 0.742. The Morgan fingerprint density at radius 3 is 2.48 bits per heavy atom. The number of hydrogen-bond donors (Lipinski definition) is 1. The van der Waals surface area contributed by atoms with Crippen LogP contribution in [-0.2, 0) is 0 Å². The molecule has 0 amide bonds. The van der Waals surface area contributed by atoms with Crippen molar-refractivity contribution in [3.63, 3.8) is 0 Å². The Morgan fingerprint density at radius 1 is 1.08 bits per heavy atom. The largest absolute Gasteiger partial charge is 0.493 e. The third-order valence-electron chi connectivity index (χ3n) is 4.35. The predicted octanol–water partition coefficient (Wildman–Crippen LogP) is 3.84. The van der Waals surface area contributed by atoms with Crippen LogP contribution in [0.25, 0.3) is 16.8 Å². The van der Waals surface area contributed by atoms with Gasteiger partial charge in [0, 0.05) is 23.4 Å². The summed E-state index contributed by atoms with van der Waals surface area (Å²) in [5, 5.41) is 7.76. The maximum absolute atomic E-state index is 5.62. The number of methoxy groups -OCH3 is 2. The number of aromatic nitrogens is 2. The summed E-state index contributed by atoms with van der Waals surface area (Å²) < 4.78 is 13.0. The molecule has 2 aromatic carbocycles. The van der Waals surface area contributed by atoms with Gasteiger partial charge in [0.25, 0.3) is 0 Å². The molecule has 0 aliphatic rings. The predicted molar refractivity (Wildman–Crippen MR) is 99.6 cm³/mol. The molecule has 0 spiro atoms. The zero-order valence-electron chi connectivity index (χ0n) is 15.0. The standard InChI is InChI=1S/C20H23N3O2/c1-14(21-2)15-10-18(20(25-4)19(11-15)24-3)16-12-22-23(13-16)17-8-6-5-7-9-17/h5-14,21H,1-4H3. The molecule has 1 N–H and O–H groups in total. The van der Waals surface area contributed by atoms with Crippen LogP contribution in [0.3, 0.4) is 0 Å². The first-order valence-corrected chi connectivity index (χ1v) is 8.21. The van der Waals surface area contributed by atoms with E-state index in [0.29, 0.717) is 11.5 Å². The summed E-state index contributed by atoms with van der Waals surface area (Å²) in [5.41, 5.74) is 4.08. The van der Waals surface area contributed by atoms with E-state index < -0.39 is 0 Å². The van der Waals surface area contributed by atoms with Crippen molar-refractivity contribution in [2.75, 3.05) is 21.3 Å². The number of para-hydroxylation sites is 1. The van der Waals surface area contributed by atoms with Gasteiger partial charge in [0.15, 0.2) is 11.5 Å². The van der Waals surface area contributed by atoms with Gasteiger partial charge in [-0.1, -0.05) is 18.2 Å². The monoisotopic (exact) mass is 337 g/mol. The van der Waals surface area contributed by atoms with E-state index in [2.05, 4.69) is 23.4 Å². The summed E-state index contributed by atoms with van der Waals surface area (Å²) in [6, 6.07) is 14.3. The van der Waals surface area contributed by atoms with E-state index in [1.807, 2.05) is 60.5 Å². The molecule has 1 aromatic heterocycles. The average Bonchev–Trinajstić information content (AvgIpc) is 3.16. The Morgan fingerprint density at radius 2 is 1.84 bits per heavy atom. The summed E-state index contributed by atoms with van der Waals surface area (Å²) in [6.45, 7) is 2.11. The summed E-state index contributed by atoms with van der Waals surface area (Å²) in [6.07, 6.45) is 3.85. The maximum atomic E-state index is 5.62. The van der Waals surface area contributed by atoms with Crippen LogP contribution in [0.4, 0.5) is 0 Å². The molecule has 25 heavy (non-hydrogen) atoms. The number of rotatable bonds is 6. The molecule has 1 atom stereocenters. The number of benzene rings is 2. The van der Waals surface area contributed by atoms with Crippen molar-refractivity contribution in [3.8, 4) is 28.3 Å². The Balaban J connectivity index is 2.11. The molecule has 0 fully saturated rings. The number of hydrogen-bond acceptors (Lipinski definition) is 4. The first-order chi connectivity index (χ1) is 12.2. The lowest BCUT2D eigenvalue weighted by molar-refractivity contribution is 0.355. The van der Waals surface area contributed by atoms with E-state index >= 15 is 0 Å². The second-order valence-corrected chi connectivity index (χ2v) is 5.82. The smallest absolute Gasteiger partial charge is 0.168 e. The van der Waals surface area contributed by atoms with Crippen LogP contribution in [-0.4, -0.2) is 31.0 Å². The van der Waals surface area contributed by atoms with Gasteiger partial charge in [-0.3, -0.25) is 0 Å². The van der Waals surface area contributed by atoms with Crippen LogP contribution in [0.2, 0.25) is 0 Å². The lowest BCUT2D eigenvalue weighted by Crippen LogP contribution is -2.12. The molecule has 130 valence electrons. The van der Waals surface area contributed by atoms with Gasteiger partial charge in [-0.2, -0.15) is 5.10 Å². The van der Waals surface area contributed by atoms with Crippen molar-refractivity contribution in [2.45, 2.75) is 13.0 Å². The lowest BCUT2D eigenvalue weighted by atomic mass is 10.00. The summed E-state index contributed by atoms with van der Waals surface area (Å²) in [7, 11) is 5.25. The van der Waals surface area contributed by atoms with Gasteiger partial charge in [0.2, 0.25) is 0 Å². The van der Waals surface area contributed by atoms with Gasteiger partial charge < -0.3 is 14.8 Å². The second kappa shape index (κ2) is 7.40. The molecular weight excluding hydrogens is 314 g/mol. The van der Waals surface area contributed by atoms with E-state index in [-0.39, 0.29) is 6.04 Å². The van der Waals surface area contributed by atoms with E-state index in [1.54, 1.807) is 14.2 Å². The fourth-order valence-corrected chi connectivity index (χ4v) is 2.80. The van der Waals surface area contributed by atoms with Crippen LogP contribution < -0.4 is 14.8 Å². The summed E-state index contributed by atoms with van der Waals surface area (Å²) in [5.74, 6) is 1.42. The highest BCUT2D eigenvalue weighted by atomic mass is 16.5. The second-order valence-electron chi connectivity index (χ2n) is 5.82. The minimum Gasteiger partial charge on any atom is -0.493 e. The molecule has 5 heteroatoms. The highest BCUT2D eigenvalue weighted by molar-refractivity contribution is 5.74. The summed E-state index contributed by atoms with van der Waals surface area (Å²) >= 11 is 0. The molecule has 0 saturated carbocycles. The van der Waals surface area contributed by atoms with Gasteiger partial charge in [-0.15, -0.1) is 0 Å². The van der Waals surface area contributed by atoms with Gasteiger partial charge in [-0.05, 0) is 43.8 Å². The van der Waals surface area contributed by atoms with Crippen molar-refractivity contribution in [1.82, 2.24) is 15.1 Å². The van der Waals surface area contributed by atoms with Crippen LogP contribution in [0, 0.1) is 0 Å². The van der Waals surface area contributed by atoms with Gasteiger partial charge in [0.1, 0.15) is 0 Å². The van der Waals surface area contributed by atoms with Crippen LogP contribution >= 0.6 is 0 Å². The lowest BCUT2D eigenvalue weighted by Gasteiger charge is -2.17. The van der Waals surface area contributed by atoms with Gasteiger partial charge >= 0.3 is 0 Å².